The summed E-state index contributed by atoms with van der Waals surface area (Å²) >= 11 is 3.44. The third kappa shape index (κ3) is 3.02. The smallest absolute Gasteiger partial charge is 0.234 e. The van der Waals surface area contributed by atoms with Gasteiger partial charge in [-0.2, -0.15) is 0 Å². The number of hydrogen-bond donors (Lipinski definition) is 0. The first-order valence-corrected chi connectivity index (χ1v) is 7.58. The zero-order valence-corrected chi connectivity index (χ0v) is 14.5. The lowest BCUT2D eigenvalue weighted by Crippen LogP contribution is -2.31. The minimum absolute atomic E-state index is 0.0230. The number of benzene rings is 1. The largest absolute Gasteiger partial charge is 0.361 e. The Hall–Kier alpha value is -1.62. The predicted octanol–water partition coefficient (Wildman–Crippen LogP) is 4.13. The molecule has 4 nitrogen and oxygen atoms in total. The van der Waals surface area contributed by atoms with Crippen LogP contribution in [0.25, 0.3) is 0 Å². The van der Waals surface area contributed by atoms with Gasteiger partial charge < -0.3 is 9.42 Å². The highest BCUT2D eigenvalue weighted by atomic mass is 79.9. The van der Waals surface area contributed by atoms with Crippen LogP contribution in [-0.4, -0.2) is 18.1 Å². The molecule has 112 valence electrons. The standard InChI is InChI=1S/C16H19BrN2O2/c1-9-8-13(17)6-7-14(9)19(5)16(20)10(2)15-11(3)18-21-12(15)4/h6-8,10H,1-5H3. The Balaban J connectivity index is 2.31. The van der Waals surface area contributed by atoms with Crippen molar-refractivity contribution in [2.24, 2.45) is 0 Å². The molecule has 5 heteroatoms. The Morgan fingerprint density at radius 1 is 1.33 bits per heavy atom. The van der Waals surface area contributed by atoms with Crippen LogP contribution in [0, 0.1) is 20.8 Å². The molecule has 1 amide bonds. The van der Waals surface area contributed by atoms with E-state index in [2.05, 4.69) is 21.1 Å². The van der Waals surface area contributed by atoms with E-state index in [1.165, 1.54) is 0 Å². The molecular weight excluding hydrogens is 332 g/mol. The molecule has 1 aromatic carbocycles. The van der Waals surface area contributed by atoms with Gasteiger partial charge in [0.05, 0.1) is 11.6 Å². The minimum Gasteiger partial charge on any atom is -0.361 e. The molecule has 0 saturated carbocycles. The number of nitrogens with zero attached hydrogens (tertiary/aromatic N) is 2. The van der Waals surface area contributed by atoms with Crippen LogP contribution in [-0.2, 0) is 4.79 Å². The van der Waals surface area contributed by atoms with Crippen LogP contribution < -0.4 is 4.90 Å². The van der Waals surface area contributed by atoms with Gasteiger partial charge in [-0.15, -0.1) is 0 Å². The quantitative estimate of drug-likeness (QED) is 0.835. The third-order valence-corrected chi connectivity index (χ3v) is 4.24. The maximum atomic E-state index is 12.7. The highest BCUT2D eigenvalue weighted by Gasteiger charge is 2.26. The van der Waals surface area contributed by atoms with Gasteiger partial charge in [0, 0.05) is 22.8 Å². The van der Waals surface area contributed by atoms with E-state index < -0.39 is 0 Å². The molecule has 1 aromatic heterocycles. The van der Waals surface area contributed by atoms with Crippen molar-refractivity contribution in [1.29, 1.82) is 0 Å². The van der Waals surface area contributed by atoms with Crippen molar-refractivity contribution in [3.63, 3.8) is 0 Å². The lowest BCUT2D eigenvalue weighted by Gasteiger charge is -2.23. The van der Waals surface area contributed by atoms with Gasteiger partial charge in [0.15, 0.2) is 0 Å². The van der Waals surface area contributed by atoms with E-state index in [-0.39, 0.29) is 11.8 Å². The number of anilines is 1. The van der Waals surface area contributed by atoms with Crippen LogP contribution in [0.3, 0.4) is 0 Å². The number of aromatic nitrogens is 1. The molecule has 1 heterocycles. The summed E-state index contributed by atoms with van der Waals surface area (Å²) < 4.78 is 6.17. The predicted molar refractivity (Wildman–Crippen MR) is 86.7 cm³/mol. The summed E-state index contributed by atoms with van der Waals surface area (Å²) in [6.45, 7) is 7.58. The van der Waals surface area contributed by atoms with E-state index in [1.54, 1.807) is 11.9 Å². The van der Waals surface area contributed by atoms with E-state index in [9.17, 15) is 4.79 Å². The molecule has 0 spiro atoms. The van der Waals surface area contributed by atoms with Gasteiger partial charge in [0.2, 0.25) is 5.91 Å². The van der Waals surface area contributed by atoms with Gasteiger partial charge in [-0.25, -0.2) is 0 Å². The molecule has 21 heavy (non-hydrogen) atoms. The number of rotatable bonds is 3. The van der Waals surface area contributed by atoms with Gasteiger partial charge in [0.25, 0.3) is 0 Å². The Morgan fingerprint density at radius 2 is 2.00 bits per heavy atom. The average Bonchev–Trinajstić information content (AvgIpc) is 2.76. The second kappa shape index (κ2) is 6.02. The van der Waals surface area contributed by atoms with E-state index in [1.807, 2.05) is 45.9 Å². The zero-order valence-electron chi connectivity index (χ0n) is 12.9. The van der Waals surface area contributed by atoms with Crippen molar-refractivity contribution in [1.82, 2.24) is 5.16 Å². The van der Waals surface area contributed by atoms with Crippen LogP contribution >= 0.6 is 15.9 Å². The number of aryl methyl sites for hydroxylation is 3. The monoisotopic (exact) mass is 350 g/mol. The Morgan fingerprint density at radius 3 is 2.52 bits per heavy atom. The Kier molecular flexibility index (Phi) is 4.52. The third-order valence-electron chi connectivity index (χ3n) is 3.74. The van der Waals surface area contributed by atoms with Crippen molar-refractivity contribution in [3.05, 3.63) is 45.3 Å². The molecule has 1 atom stereocenters. The van der Waals surface area contributed by atoms with Gasteiger partial charge in [-0.1, -0.05) is 21.1 Å². The minimum atomic E-state index is -0.288. The normalized spacial score (nSPS) is 12.3. The summed E-state index contributed by atoms with van der Waals surface area (Å²) in [6, 6.07) is 5.88. The maximum absolute atomic E-state index is 12.7. The highest BCUT2D eigenvalue weighted by Crippen LogP contribution is 2.29. The van der Waals surface area contributed by atoms with Gasteiger partial charge >= 0.3 is 0 Å². The van der Waals surface area contributed by atoms with E-state index >= 15 is 0 Å². The molecule has 0 saturated heterocycles. The van der Waals surface area contributed by atoms with Gasteiger partial charge in [0.1, 0.15) is 5.76 Å². The molecule has 2 rings (SSSR count). The molecule has 0 aliphatic carbocycles. The first-order chi connectivity index (χ1) is 9.82. The molecular formula is C16H19BrN2O2. The second-order valence-electron chi connectivity index (χ2n) is 5.29. The fourth-order valence-corrected chi connectivity index (χ4v) is 3.11. The molecule has 0 fully saturated rings. The van der Waals surface area contributed by atoms with E-state index in [0.717, 1.165) is 27.0 Å². The summed E-state index contributed by atoms with van der Waals surface area (Å²) in [7, 11) is 1.80. The number of carbonyl (C=O) groups excluding carboxylic acids is 1. The number of likely N-dealkylation sites (N-methyl/N-ethyl adjacent to an activating group) is 1. The second-order valence-corrected chi connectivity index (χ2v) is 6.20. The Labute approximate surface area is 133 Å². The molecule has 0 radical (unpaired) electrons. The van der Waals surface area contributed by atoms with Gasteiger partial charge in [-0.3, -0.25) is 4.79 Å². The first-order valence-electron chi connectivity index (χ1n) is 6.79. The molecule has 0 N–H and O–H groups in total. The lowest BCUT2D eigenvalue weighted by atomic mass is 9.97. The van der Waals surface area contributed by atoms with Crippen LogP contribution in [0.15, 0.2) is 27.2 Å². The first kappa shape index (κ1) is 15.8. The van der Waals surface area contributed by atoms with Gasteiger partial charge in [-0.05, 0) is 51.5 Å². The van der Waals surface area contributed by atoms with Crippen molar-refractivity contribution in [2.45, 2.75) is 33.6 Å². The number of halogens is 1. The highest BCUT2D eigenvalue weighted by molar-refractivity contribution is 9.10. The number of carbonyl (C=O) groups is 1. The molecule has 0 aliphatic rings. The van der Waals surface area contributed by atoms with Crippen LogP contribution in [0.5, 0.6) is 0 Å². The molecule has 0 bridgehead atoms. The van der Waals surface area contributed by atoms with Crippen molar-refractivity contribution >= 4 is 27.5 Å². The Bertz CT molecular complexity index is 659. The summed E-state index contributed by atoms with van der Waals surface area (Å²) in [5, 5.41) is 3.93. The summed E-state index contributed by atoms with van der Waals surface area (Å²) in [5.41, 5.74) is 3.60. The van der Waals surface area contributed by atoms with Crippen molar-refractivity contribution < 1.29 is 9.32 Å². The summed E-state index contributed by atoms with van der Waals surface area (Å²) in [5.74, 6) is 0.438. The zero-order chi connectivity index (χ0) is 15.7. The van der Waals surface area contributed by atoms with E-state index in [4.69, 9.17) is 4.52 Å². The maximum Gasteiger partial charge on any atom is 0.234 e. The van der Waals surface area contributed by atoms with Crippen LogP contribution in [0.2, 0.25) is 0 Å². The SMILES string of the molecule is Cc1cc(Br)ccc1N(C)C(=O)C(C)c1c(C)noc1C. The van der Waals surface area contributed by atoms with Crippen LogP contribution in [0.1, 0.15) is 35.4 Å². The topological polar surface area (TPSA) is 46.3 Å². The summed E-state index contributed by atoms with van der Waals surface area (Å²) in [6.07, 6.45) is 0. The fourth-order valence-electron chi connectivity index (χ4n) is 2.64. The van der Waals surface area contributed by atoms with Crippen LogP contribution in [0.4, 0.5) is 5.69 Å². The average molecular weight is 351 g/mol. The molecule has 1 unspecified atom stereocenters. The number of hydrogen-bond acceptors (Lipinski definition) is 3. The molecule has 2 aromatic rings. The fraction of sp³-hybridized carbons (Fsp3) is 0.375. The van der Waals surface area contributed by atoms with Crippen molar-refractivity contribution in [3.8, 4) is 0 Å². The lowest BCUT2D eigenvalue weighted by molar-refractivity contribution is -0.119. The number of amides is 1. The summed E-state index contributed by atoms with van der Waals surface area (Å²) in [4.78, 5) is 14.4. The van der Waals surface area contributed by atoms with E-state index in [0.29, 0.717) is 5.76 Å². The van der Waals surface area contributed by atoms with Crippen molar-refractivity contribution in [2.75, 3.05) is 11.9 Å². The molecule has 0 aliphatic heterocycles.